The van der Waals surface area contributed by atoms with E-state index in [0.29, 0.717) is 26.1 Å². The van der Waals surface area contributed by atoms with Gasteiger partial charge in [0.15, 0.2) is 0 Å². The normalized spacial score (nSPS) is 18.4. The maximum absolute atomic E-state index is 11.5. The van der Waals surface area contributed by atoms with E-state index < -0.39 is 9.84 Å². The van der Waals surface area contributed by atoms with Crippen molar-refractivity contribution >= 4 is 15.5 Å². The van der Waals surface area contributed by atoms with Crippen LogP contribution in [-0.4, -0.2) is 46.3 Å². The van der Waals surface area contributed by atoms with Crippen LogP contribution in [0.3, 0.4) is 0 Å². The average Bonchev–Trinajstić information content (AvgIpc) is 2.44. The number of nitrogens with one attached hydrogen (secondary N) is 1. The van der Waals surface area contributed by atoms with E-state index in [9.17, 15) is 8.42 Å². The highest BCUT2D eigenvalue weighted by Gasteiger charge is 2.24. The summed E-state index contributed by atoms with van der Waals surface area (Å²) in [5.41, 5.74) is 2.04. The van der Waals surface area contributed by atoms with Crippen molar-refractivity contribution in [2.75, 3.05) is 37.1 Å². The Labute approximate surface area is 126 Å². The van der Waals surface area contributed by atoms with Gasteiger partial charge in [0.2, 0.25) is 0 Å². The highest BCUT2D eigenvalue weighted by Crippen LogP contribution is 2.28. The second-order valence-electron chi connectivity index (χ2n) is 5.41. The number of methoxy groups -OCH3 is 1. The Balaban J connectivity index is 2.01. The number of ether oxygens (including phenoxy) is 2. The van der Waals surface area contributed by atoms with Crippen LogP contribution in [0.25, 0.3) is 0 Å². The summed E-state index contributed by atoms with van der Waals surface area (Å²) >= 11 is 0. The zero-order chi connectivity index (χ0) is 15.3. The van der Waals surface area contributed by atoms with Gasteiger partial charge in [0.25, 0.3) is 0 Å². The van der Waals surface area contributed by atoms with E-state index in [4.69, 9.17) is 9.47 Å². The molecule has 2 rings (SSSR count). The van der Waals surface area contributed by atoms with Crippen LogP contribution in [0, 0.1) is 6.92 Å². The van der Waals surface area contributed by atoms with Crippen molar-refractivity contribution in [1.29, 1.82) is 0 Å². The molecule has 21 heavy (non-hydrogen) atoms. The summed E-state index contributed by atoms with van der Waals surface area (Å²) in [4.78, 5) is 0. The van der Waals surface area contributed by atoms with Crippen LogP contribution in [0.5, 0.6) is 5.75 Å². The van der Waals surface area contributed by atoms with E-state index in [1.165, 1.54) is 0 Å². The minimum atomic E-state index is -2.83. The number of rotatable bonds is 6. The lowest BCUT2D eigenvalue weighted by Crippen LogP contribution is -2.32. The van der Waals surface area contributed by atoms with E-state index in [-0.39, 0.29) is 17.5 Å². The van der Waals surface area contributed by atoms with E-state index >= 15 is 0 Å². The standard InChI is InChI=1S/C15H23NO4S/c1-12-3-4-14(15(11-12)20-8-7-19-2)16-13-5-9-21(17,18)10-6-13/h3-4,11,13,16H,5-10H2,1-2H3. The van der Waals surface area contributed by atoms with Gasteiger partial charge >= 0.3 is 0 Å². The number of benzene rings is 1. The van der Waals surface area contributed by atoms with Gasteiger partial charge in [0.1, 0.15) is 22.2 Å². The van der Waals surface area contributed by atoms with Crippen molar-refractivity contribution in [2.24, 2.45) is 0 Å². The second kappa shape index (κ2) is 7.13. The molecule has 0 amide bonds. The van der Waals surface area contributed by atoms with Crippen LogP contribution >= 0.6 is 0 Å². The van der Waals surface area contributed by atoms with Crippen LogP contribution in [0.15, 0.2) is 18.2 Å². The molecule has 1 fully saturated rings. The Kier molecular flexibility index (Phi) is 5.47. The van der Waals surface area contributed by atoms with Crippen LogP contribution < -0.4 is 10.1 Å². The van der Waals surface area contributed by atoms with E-state index in [1.807, 2.05) is 25.1 Å². The molecule has 0 spiro atoms. The Bertz CT molecular complexity index is 557. The molecule has 1 N–H and O–H groups in total. The molecular weight excluding hydrogens is 290 g/mol. The highest BCUT2D eigenvalue weighted by molar-refractivity contribution is 7.91. The van der Waals surface area contributed by atoms with Crippen molar-refractivity contribution < 1.29 is 17.9 Å². The Morgan fingerprint density at radius 3 is 2.62 bits per heavy atom. The SMILES string of the molecule is COCCOc1cc(C)ccc1NC1CCS(=O)(=O)CC1. The average molecular weight is 313 g/mol. The van der Waals surface area contributed by atoms with Gasteiger partial charge in [-0.2, -0.15) is 0 Å². The van der Waals surface area contributed by atoms with Gasteiger partial charge < -0.3 is 14.8 Å². The predicted molar refractivity (Wildman–Crippen MR) is 83.8 cm³/mol. The lowest BCUT2D eigenvalue weighted by molar-refractivity contribution is 0.146. The molecule has 5 nitrogen and oxygen atoms in total. The third-order valence-electron chi connectivity index (χ3n) is 3.60. The van der Waals surface area contributed by atoms with Gasteiger partial charge in [0, 0.05) is 13.2 Å². The van der Waals surface area contributed by atoms with E-state index in [2.05, 4.69) is 5.32 Å². The maximum atomic E-state index is 11.5. The molecule has 0 atom stereocenters. The topological polar surface area (TPSA) is 64.6 Å². The van der Waals surface area contributed by atoms with Gasteiger partial charge in [-0.25, -0.2) is 8.42 Å². The summed E-state index contributed by atoms with van der Waals surface area (Å²) in [5.74, 6) is 1.31. The van der Waals surface area contributed by atoms with Gasteiger partial charge in [0.05, 0.1) is 23.8 Å². The fraction of sp³-hybridized carbons (Fsp3) is 0.600. The molecular formula is C15H23NO4S. The lowest BCUT2D eigenvalue weighted by Gasteiger charge is -2.25. The molecule has 1 saturated heterocycles. The van der Waals surface area contributed by atoms with Crippen molar-refractivity contribution in [1.82, 2.24) is 0 Å². The Morgan fingerprint density at radius 2 is 1.95 bits per heavy atom. The van der Waals surface area contributed by atoms with E-state index in [0.717, 1.165) is 17.0 Å². The Morgan fingerprint density at radius 1 is 1.24 bits per heavy atom. The maximum Gasteiger partial charge on any atom is 0.150 e. The molecule has 1 aromatic rings. The first-order chi connectivity index (χ1) is 10.00. The lowest BCUT2D eigenvalue weighted by atomic mass is 10.1. The third-order valence-corrected chi connectivity index (χ3v) is 5.31. The summed E-state index contributed by atoms with van der Waals surface area (Å²) in [6.45, 7) is 3.04. The minimum absolute atomic E-state index is 0.181. The number of hydrogen-bond donors (Lipinski definition) is 1. The fourth-order valence-corrected chi connectivity index (χ4v) is 3.85. The molecule has 0 unspecified atom stereocenters. The number of anilines is 1. The molecule has 0 bridgehead atoms. The summed E-state index contributed by atoms with van der Waals surface area (Å²) in [7, 11) is -1.19. The molecule has 6 heteroatoms. The van der Waals surface area contributed by atoms with Gasteiger partial charge in [-0.15, -0.1) is 0 Å². The smallest absolute Gasteiger partial charge is 0.150 e. The molecule has 0 aromatic heterocycles. The fourth-order valence-electron chi connectivity index (χ4n) is 2.36. The Hall–Kier alpha value is -1.27. The third kappa shape index (κ3) is 4.89. The first-order valence-corrected chi connectivity index (χ1v) is 9.01. The van der Waals surface area contributed by atoms with Crippen LogP contribution in [0.2, 0.25) is 0 Å². The summed E-state index contributed by atoms with van der Waals surface area (Å²) in [6, 6.07) is 6.17. The summed E-state index contributed by atoms with van der Waals surface area (Å²) < 4.78 is 33.7. The molecule has 0 aliphatic carbocycles. The molecule has 1 aliphatic heterocycles. The monoisotopic (exact) mass is 313 g/mol. The molecule has 1 aliphatic rings. The van der Waals surface area contributed by atoms with Crippen molar-refractivity contribution in [3.63, 3.8) is 0 Å². The number of hydrogen-bond acceptors (Lipinski definition) is 5. The van der Waals surface area contributed by atoms with Crippen molar-refractivity contribution in [2.45, 2.75) is 25.8 Å². The van der Waals surface area contributed by atoms with Crippen molar-refractivity contribution in [3.05, 3.63) is 23.8 Å². The second-order valence-corrected chi connectivity index (χ2v) is 7.71. The first kappa shape index (κ1) is 16.1. The van der Waals surface area contributed by atoms with Crippen LogP contribution in [-0.2, 0) is 14.6 Å². The zero-order valence-electron chi connectivity index (χ0n) is 12.6. The van der Waals surface area contributed by atoms with Gasteiger partial charge in [-0.3, -0.25) is 0 Å². The summed E-state index contributed by atoms with van der Waals surface area (Å²) in [5, 5.41) is 3.41. The quantitative estimate of drug-likeness (QED) is 0.814. The zero-order valence-corrected chi connectivity index (χ0v) is 13.4. The number of sulfone groups is 1. The first-order valence-electron chi connectivity index (χ1n) is 7.19. The molecule has 1 aromatic carbocycles. The van der Waals surface area contributed by atoms with Crippen molar-refractivity contribution in [3.8, 4) is 5.75 Å². The molecule has 0 radical (unpaired) electrons. The van der Waals surface area contributed by atoms with Gasteiger partial charge in [-0.05, 0) is 37.5 Å². The molecule has 118 valence electrons. The largest absolute Gasteiger partial charge is 0.489 e. The predicted octanol–water partition coefficient (Wildman–Crippen LogP) is 2.01. The minimum Gasteiger partial charge on any atom is -0.489 e. The van der Waals surface area contributed by atoms with Gasteiger partial charge in [-0.1, -0.05) is 6.07 Å². The summed E-state index contributed by atoms with van der Waals surface area (Å²) in [6.07, 6.45) is 1.29. The molecule has 1 heterocycles. The van der Waals surface area contributed by atoms with Crippen LogP contribution in [0.4, 0.5) is 5.69 Å². The highest BCUT2D eigenvalue weighted by atomic mass is 32.2. The van der Waals surface area contributed by atoms with E-state index in [1.54, 1.807) is 7.11 Å². The molecule has 0 saturated carbocycles. The van der Waals surface area contributed by atoms with Crippen LogP contribution in [0.1, 0.15) is 18.4 Å². The number of aryl methyl sites for hydroxylation is 1.